The molecule has 1 atom stereocenters. The van der Waals surface area contributed by atoms with E-state index in [0.29, 0.717) is 11.0 Å². The fraction of sp³-hybridized carbons (Fsp3) is 0.300. The molecule has 1 unspecified atom stereocenters. The summed E-state index contributed by atoms with van der Waals surface area (Å²) in [6, 6.07) is 5.99. The van der Waals surface area contributed by atoms with Gasteiger partial charge in [-0.3, -0.25) is 0 Å². The predicted octanol–water partition coefficient (Wildman–Crippen LogP) is -0.580. The van der Waals surface area contributed by atoms with Gasteiger partial charge in [-0.25, -0.2) is 9.18 Å². The summed E-state index contributed by atoms with van der Waals surface area (Å²) in [5.41, 5.74) is 0.902. The quantitative estimate of drug-likeness (QED) is 0.532. The van der Waals surface area contributed by atoms with Gasteiger partial charge in [0.25, 0.3) is 0 Å². The van der Waals surface area contributed by atoms with Crippen molar-refractivity contribution in [3.63, 3.8) is 0 Å². The van der Waals surface area contributed by atoms with E-state index >= 15 is 0 Å². The Morgan fingerprint density at radius 2 is 2.00 bits per heavy atom. The van der Waals surface area contributed by atoms with Gasteiger partial charge in [0.05, 0.1) is 7.11 Å². The van der Waals surface area contributed by atoms with E-state index in [1.165, 1.54) is 24.3 Å². The predicted molar refractivity (Wildman–Crippen MR) is 56.9 cm³/mol. The van der Waals surface area contributed by atoms with Gasteiger partial charge in [-0.1, -0.05) is 24.3 Å². The molecular weight excluding hydrogens is 214 g/mol. The zero-order valence-electron chi connectivity index (χ0n) is 8.76. The van der Waals surface area contributed by atoms with E-state index in [9.17, 15) is 9.18 Å². The first-order valence-corrected chi connectivity index (χ1v) is 4.71. The molecule has 0 aliphatic carbocycles. The number of hydrogen-bond acceptors (Lipinski definition) is 4. The third-order valence-electron chi connectivity index (χ3n) is 2.15. The molecule has 4 nitrogen and oxygen atoms in total. The van der Waals surface area contributed by atoms with Crippen molar-refractivity contribution in [2.75, 3.05) is 7.11 Å². The van der Waals surface area contributed by atoms with Gasteiger partial charge in [0.1, 0.15) is 0 Å². The van der Waals surface area contributed by atoms with Crippen LogP contribution in [-0.2, 0) is 16.0 Å². The summed E-state index contributed by atoms with van der Waals surface area (Å²) in [5, 5.41) is 17.7. The van der Waals surface area contributed by atoms with Crippen LogP contribution >= 0.6 is 0 Å². The summed E-state index contributed by atoms with van der Waals surface area (Å²) < 4.78 is 17.4. The zero-order valence-corrected chi connectivity index (χ0v) is 8.76. The standard InChI is InChI=1S/C10H12BFO4/c1-16-10(13)9(12)6-7-2-4-8(5-3-7)11(14)15/h2-5,9,14-15H,6H2,1H3. The summed E-state index contributed by atoms with van der Waals surface area (Å²) in [6.45, 7) is 0. The number of hydrogen-bond donors (Lipinski definition) is 2. The first kappa shape index (κ1) is 12.7. The molecule has 0 fully saturated rings. The van der Waals surface area contributed by atoms with Crippen LogP contribution in [0.25, 0.3) is 0 Å². The van der Waals surface area contributed by atoms with Crippen molar-refractivity contribution in [2.45, 2.75) is 12.6 Å². The first-order chi connectivity index (χ1) is 7.54. The molecule has 0 bridgehead atoms. The Morgan fingerprint density at radius 1 is 1.44 bits per heavy atom. The van der Waals surface area contributed by atoms with E-state index < -0.39 is 19.3 Å². The number of rotatable bonds is 4. The lowest BCUT2D eigenvalue weighted by Crippen LogP contribution is -2.29. The monoisotopic (exact) mass is 226 g/mol. The van der Waals surface area contributed by atoms with Gasteiger partial charge in [-0.05, 0) is 11.0 Å². The van der Waals surface area contributed by atoms with Crippen LogP contribution in [0.1, 0.15) is 5.56 Å². The Morgan fingerprint density at radius 3 is 2.44 bits per heavy atom. The van der Waals surface area contributed by atoms with Crippen LogP contribution in [0.15, 0.2) is 24.3 Å². The number of benzene rings is 1. The Bertz CT molecular complexity index is 352. The molecule has 0 heterocycles. The minimum absolute atomic E-state index is 0.0888. The van der Waals surface area contributed by atoms with Crippen LogP contribution in [0.2, 0.25) is 0 Å². The molecule has 0 aromatic heterocycles. The van der Waals surface area contributed by atoms with Crippen molar-refractivity contribution in [1.29, 1.82) is 0 Å². The molecule has 1 aromatic carbocycles. The molecule has 0 saturated carbocycles. The fourth-order valence-corrected chi connectivity index (χ4v) is 1.24. The summed E-state index contributed by atoms with van der Waals surface area (Å²) in [6.07, 6.45) is -1.79. The molecule has 86 valence electrons. The van der Waals surface area contributed by atoms with Crippen LogP contribution in [0.3, 0.4) is 0 Å². The van der Waals surface area contributed by atoms with E-state index in [-0.39, 0.29) is 6.42 Å². The molecule has 0 saturated heterocycles. The summed E-state index contributed by atoms with van der Waals surface area (Å²) in [5.74, 6) is -0.911. The lowest BCUT2D eigenvalue weighted by Gasteiger charge is -2.06. The Kier molecular flexibility index (Phi) is 4.45. The van der Waals surface area contributed by atoms with Crippen molar-refractivity contribution in [1.82, 2.24) is 0 Å². The number of esters is 1. The lowest BCUT2D eigenvalue weighted by molar-refractivity contribution is -0.146. The number of halogens is 1. The molecular formula is C10H12BFO4. The second-order valence-electron chi connectivity index (χ2n) is 3.31. The minimum Gasteiger partial charge on any atom is -0.467 e. The third-order valence-corrected chi connectivity index (χ3v) is 2.15. The second-order valence-corrected chi connectivity index (χ2v) is 3.31. The van der Waals surface area contributed by atoms with E-state index in [0.717, 1.165) is 7.11 Å². The van der Waals surface area contributed by atoms with Crippen molar-refractivity contribution >= 4 is 18.6 Å². The van der Waals surface area contributed by atoms with Gasteiger partial charge in [0.15, 0.2) is 0 Å². The van der Waals surface area contributed by atoms with Gasteiger partial charge in [-0.15, -0.1) is 0 Å². The molecule has 0 amide bonds. The molecule has 16 heavy (non-hydrogen) atoms. The number of carbonyl (C=O) groups excluding carboxylic acids is 1. The lowest BCUT2D eigenvalue weighted by atomic mass is 9.80. The Labute approximate surface area is 92.8 Å². The summed E-state index contributed by atoms with van der Waals surface area (Å²) in [4.78, 5) is 10.8. The number of methoxy groups -OCH3 is 1. The highest BCUT2D eigenvalue weighted by Crippen LogP contribution is 2.06. The van der Waals surface area contributed by atoms with Crippen LogP contribution < -0.4 is 5.46 Å². The van der Waals surface area contributed by atoms with Crippen molar-refractivity contribution < 1.29 is 24.0 Å². The zero-order chi connectivity index (χ0) is 12.1. The van der Waals surface area contributed by atoms with Crippen LogP contribution in [0.5, 0.6) is 0 Å². The van der Waals surface area contributed by atoms with Gasteiger partial charge in [0.2, 0.25) is 6.17 Å². The number of alkyl halides is 1. The van der Waals surface area contributed by atoms with E-state index in [4.69, 9.17) is 10.0 Å². The van der Waals surface area contributed by atoms with Crippen molar-refractivity contribution in [3.8, 4) is 0 Å². The third kappa shape index (κ3) is 3.32. The Hall–Kier alpha value is -1.40. The van der Waals surface area contributed by atoms with Crippen LogP contribution in [-0.4, -0.2) is 36.4 Å². The highest BCUT2D eigenvalue weighted by Gasteiger charge is 2.18. The molecule has 2 N–H and O–H groups in total. The van der Waals surface area contributed by atoms with Crippen LogP contribution in [0, 0.1) is 0 Å². The van der Waals surface area contributed by atoms with Crippen molar-refractivity contribution in [3.05, 3.63) is 29.8 Å². The molecule has 0 aliphatic heterocycles. The second kappa shape index (κ2) is 5.62. The molecule has 0 aliphatic rings. The summed E-state index contributed by atoms with van der Waals surface area (Å²) >= 11 is 0. The SMILES string of the molecule is COC(=O)C(F)Cc1ccc(B(O)O)cc1. The van der Waals surface area contributed by atoms with E-state index in [1.807, 2.05) is 0 Å². The normalized spacial score (nSPS) is 12.0. The average molecular weight is 226 g/mol. The molecule has 1 rings (SSSR count). The van der Waals surface area contributed by atoms with E-state index in [2.05, 4.69) is 4.74 Å². The van der Waals surface area contributed by atoms with Gasteiger partial charge < -0.3 is 14.8 Å². The molecule has 6 heteroatoms. The molecule has 1 aromatic rings. The van der Waals surface area contributed by atoms with E-state index in [1.54, 1.807) is 0 Å². The van der Waals surface area contributed by atoms with Gasteiger partial charge in [-0.2, -0.15) is 0 Å². The van der Waals surface area contributed by atoms with Crippen molar-refractivity contribution in [2.24, 2.45) is 0 Å². The summed E-state index contributed by atoms with van der Waals surface area (Å²) in [7, 11) is -0.420. The maximum atomic E-state index is 13.2. The Balaban J connectivity index is 2.65. The highest BCUT2D eigenvalue weighted by atomic mass is 19.1. The average Bonchev–Trinajstić information content (AvgIpc) is 2.28. The maximum absolute atomic E-state index is 13.2. The highest BCUT2D eigenvalue weighted by molar-refractivity contribution is 6.58. The number of carbonyl (C=O) groups is 1. The first-order valence-electron chi connectivity index (χ1n) is 4.71. The minimum atomic E-state index is -1.70. The maximum Gasteiger partial charge on any atom is 0.488 e. The molecule has 0 spiro atoms. The number of ether oxygens (including phenoxy) is 1. The largest absolute Gasteiger partial charge is 0.488 e. The van der Waals surface area contributed by atoms with Gasteiger partial charge >= 0.3 is 13.1 Å². The topological polar surface area (TPSA) is 66.8 Å². The fourth-order valence-electron chi connectivity index (χ4n) is 1.24. The molecule has 0 radical (unpaired) electrons. The van der Waals surface area contributed by atoms with Crippen LogP contribution in [0.4, 0.5) is 4.39 Å². The van der Waals surface area contributed by atoms with Gasteiger partial charge in [0, 0.05) is 6.42 Å². The smallest absolute Gasteiger partial charge is 0.467 e.